The molecule has 0 aliphatic carbocycles. The molecule has 0 aromatic heterocycles. The topological polar surface area (TPSA) is 12.0 Å². The van der Waals surface area contributed by atoms with E-state index in [9.17, 15) is 0 Å². The third-order valence-electron chi connectivity index (χ3n) is 3.29. The molecule has 1 unspecified atom stereocenters. The van der Waals surface area contributed by atoms with E-state index < -0.39 is 0 Å². The summed E-state index contributed by atoms with van der Waals surface area (Å²) in [5.74, 6) is 1.38. The van der Waals surface area contributed by atoms with Crippen LogP contribution in [0, 0.1) is 5.92 Å². The third-order valence-corrected chi connectivity index (χ3v) is 3.51. The van der Waals surface area contributed by atoms with Gasteiger partial charge in [0.15, 0.2) is 0 Å². The van der Waals surface area contributed by atoms with Crippen LogP contribution in [0.5, 0.6) is 0 Å². The Morgan fingerprint density at radius 3 is 2.72 bits per heavy atom. The number of hydrogen-bond donors (Lipinski definition) is 1. The molecule has 0 saturated heterocycles. The van der Waals surface area contributed by atoms with Crippen molar-refractivity contribution in [2.24, 2.45) is 5.92 Å². The second kappa shape index (κ2) is 6.77. The Bertz CT molecular complexity index is 490. The number of halogens is 1. The first-order chi connectivity index (χ1) is 8.81. The highest BCUT2D eigenvalue weighted by Gasteiger charge is 2.02. The molecular formula is C16H20ClN. The van der Waals surface area contributed by atoms with Crippen molar-refractivity contribution >= 4 is 22.4 Å². The Morgan fingerprint density at radius 2 is 1.89 bits per heavy atom. The Balaban J connectivity index is 1.99. The summed E-state index contributed by atoms with van der Waals surface area (Å²) in [5, 5.41) is 6.18. The lowest BCUT2D eigenvalue weighted by Crippen LogP contribution is -2.21. The number of hydrogen-bond acceptors (Lipinski definition) is 1. The van der Waals surface area contributed by atoms with Crippen LogP contribution in [-0.2, 0) is 6.54 Å². The van der Waals surface area contributed by atoms with Crippen LogP contribution >= 0.6 is 11.6 Å². The normalized spacial score (nSPS) is 12.8. The maximum Gasteiger partial charge on any atom is 0.0226 e. The van der Waals surface area contributed by atoms with Gasteiger partial charge < -0.3 is 5.32 Å². The van der Waals surface area contributed by atoms with Crippen molar-refractivity contribution in [3.63, 3.8) is 0 Å². The van der Waals surface area contributed by atoms with Gasteiger partial charge in [-0.15, -0.1) is 11.6 Å². The minimum Gasteiger partial charge on any atom is -0.312 e. The molecule has 0 amide bonds. The van der Waals surface area contributed by atoms with E-state index in [1.807, 2.05) is 0 Å². The van der Waals surface area contributed by atoms with Crippen molar-refractivity contribution in [2.45, 2.75) is 19.9 Å². The summed E-state index contributed by atoms with van der Waals surface area (Å²) in [6, 6.07) is 15.0. The molecule has 96 valence electrons. The average molecular weight is 262 g/mol. The summed E-state index contributed by atoms with van der Waals surface area (Å²) in [6.45, 7) is 4.18. The molecule has 0 radical (unpaired) electrons. The van der Waals surface area contributed by atoms with Crippen LogP contribution in [-0.4, -0.2) is 12.4 Å². The highest BCUT2D eigenvalue weighted by molar-refractivity contribution is 6.17. The molecule has 0 fully saturated rings. The van der Waals surface area contributed by atoms with E-state index in [1.54, 1.807) is 0 Å². The summed E-state index contributed by atoms with van der Waals surface area (Å²) in [4.78, 5) is 0. The van der Waals surface area contributed by atoms with Crippen LogP contribution in [0.1, 0.15) is 18.9 Å². The molecule has 18 heavy (non-hydrogen) atoms. The lowest BCUT2D eigenvalue weighted by Gasteiger charge is -2.12. The van der Waals surface area contributed by atoms with Crippen molar-refractivity contribution in [3.05, 3.63) is 48.0 Å². The molecule has 2 rings (SSSR count). The quantitative estimate of drug-likeness (QED) is 0.769. The van der Waals surface area contributed by atoms with Gasteiger partial charge in [0.25, 0.3) is 0 Å². The standard InChI is InChI=1S/C16H20ClN/c1-13(9-10-17)11-18-12-15-7-4-6-14-5-2-3-8-16(14)15/h2-8,13,18H,9-12H2,1H3. The highest BCUT2D eigenvalue weighted by atomic mass is 35.5. The number of rotatable bonds is 6. The van der Waals surface area contributed by atoms with Gasteiger partial charge in [0.05, 0.1) is 0 Å². The number of benzene rings is 2. The van der Waals surface area contributed by atoms with E-state index in [4.69, 9.17) is 11.6 Å². The molecule has 0 bridgehead atoms. The molecule has 1 nitrogen and oxygen atoms in total. The van der Waals surface area contributed by atoms with Gasteiger partial charge in [-0.05, 0) is 35.2 Å². The maximum atomic E-state index is 5.74. The molecule has 0 saturated carbocycles. The van der Waals surface area contributed by atoms with Crippen LogP contribution in [0.25, 0.3) is 10.8 Å². The molecule has 2 aromatic rings. The van der Waals surface area contributed by atoms with Gasteiger partial charge in [0.2, 0.25) is 0 Å². The van der Waals surface area contributed by atoms with Crippen LogP contribution in [0.4, 0.5) is 0 Å². The van der Waals surface area contributed by atoms with Crippen LogP contribution in [0.15, 0.2) is 42.5 Å². The zero-order valence-corrected chi connectivity index (χ0v) is 11.6. The van der Waals surface area contributed by atoms with Gasteiger partial charge in [-0.1, -0.05) is 49.4 Å². The molecule has 0 aliphatic heterocycles. The summed E-state index contributed by atoms with van der Waals surface area (Å²) in [6.07, 6.45) is 1.07. The molecule has 1 N–H and O–H groups in total. The first kappa shape index (κ1) is 13.4. The molecule has 2 heteroatoms. The van der Waals surface area contributed by atoms with Crippen molar-refractivity contribution in [1.29, 1.82) is 0 Å². The predicted octanol–water partition coefficient (Wildman–Crippen LogP) is 4.19. The average Bonchev–Trinajstić information content (AvgIpc) is 2.39. The summed E-state index contributed by atoms with van der Waals surface area (Å²) < 4.78 is 0. The first-order valence-corrected chi connectivity index (χ1v) is 7.08. The minimum atomic E-state index is 0.637. The summed E-state index contributed by atoms with van der Waals surface area (Å²) in [7, 11) is 0. The molecule has 0 spiro atoms. The number of fused-ring (bicyclic) bond motifs is 1. The second-order valence-electron chi connectivity index (χ2n) is 4.85. The number of nitrogens with one attached hydrogen (secondary N) is 1. The van der Waals surface area contributed by atoms with E-state index in [1.165, 1.54) is 16.3 Å². The maximum absolute atomic E-state index is 5.74. The zero-order chi connectivity index (χ0) is 12.8. The van der Waals surface area contributed by atoms with Crippen LogP contribution < -0.4 is 5.32 Å². The minimum absolute atomic E-state index is 0.637. The molecule has 0 aliphatic rings. The largest absolute Gasteiger partial charge is 0.312 e. The van der Waals surface area contributed by atoms with Gasteiger partial charge >= 0.3 is 0 Å². The third kappa shape index (κ3) is 3.47. The molecule has 2 aromatic carbocycles. The molecular weight excluding hydrogens is 242 g/mol. The molecule has 0 heterocycles. The van der Waals surface area contributed by atoms with Crippen molar-refractivity contribution in [1.82, 2.24) is 5.32 Å². The van der Waals surface area contributed by atoms with Crippen molar-refractivity contribution < 1.29 is 0 Å². The van der Waals surface area contributed by atoms with Crippen LogP contribution in [0.3, 0.4) is 0 Å². The van der Waals surface area contributed by atoms with E-state index in [0.717, 1.165) is 25.4 Å². The lowest BCUT2D eigenvalue weighted by atomic mass is 10.0. The van der Waals surface area contributed by atoms with E-state index in [2.05, 4.69) is 54.7 Å². The van der Waals surface area contributed by atoms with Gasteiger partial charge in [-0.25, -0.2) is 0 Å². The van der Waals surface area contributed by atoms with Gasteiger partial charge in [0, 0.05) is 12.4 Å². The second-order valence-corrected chi connectivity index (χ2v) is 5.23. The van der Waals surface area contributed by atoms with Gasteiger partial charge in [0.1, 0.15) is 0 Å². The van der Waals surface area contributed by atoms with Crippen LogP contribution in [0.2, 0.25) is 0 Å². The lowest BCUT2D eigenvalue weighted by molar-refractivity contribution is 0.502. The highest BCUT2D eigenvalue weighted by Crippen LogP contribution is 2.18. The van der Waals surface area contributed by atoms with Gasteiger partial charge in [-0.2, -0.15) is 0 Å². The summed E-state index contributed by atoms with van der Waals surface area (Å²) in [5.41, 5.74) is 1.37. The monoisotopic (exact) mass is 261 g/mol. The van der Waals surface area contributed by atoms with Gasteiger partial charge in [-0.3, -0.25) is 0 Å². The molecule has 1 atom stereocenters. The Kier molecular flexibility index (Phi) is 5.03. The van der Waals surface area contributed by atoms with E-state index >= 15 is 0 Å². The fraction of sp³-hybridized carbons (Fsp3) is 0.375. The summed E-state index contributed by atoms with van der Waals surface area (Å²) >= 11 is 5.74. The Morgan fingerprint density at radius 1 is 1.11 bits per heavy atom. The Hall–Kier alpha value is -1.05. The Labute approximate surface area is 114 Å². The van der Waals surface area contributed by atoms with E-state index in [0.29, 0.717) is 5.92 Å². The first-order valence-electron chi connectivity index (χ1n) is 6.54. The SMILES string of the molecule is CC(CCCl)CNCc1cccc2ccccc12. The fourth-order valence-electron chi connectivity index (χ4n) is 2.19. The fourth-order valence-corrected chi connectivity index (χ4v) is 2.56. The number of alkyl halides is 1. The van der Waals surface area contributed by atoms with Crippen molar-refractivity contribution in [3.8, 4) is 0 Å². The predicted molar refractivity (Wildman–Crippen MR) is 80.2 cm³/mol. The zero-order valence-electron chi connectivity index (χ0n) is 10.8. The smallest absolute Gasteiger partial charge is 0.0226 e. The van der Waals surface area contributed by atoms with E-state index in [-0.39, 0.29) is 0 Å². The van der Waals surface area contributed by atoms with Crippen molar-refractivity contribution in [2.75, 3.05) is 12.4 Å².